The highest BCUT2D eigenvalue weighted by Crippen LogP contribution is 2.29. The number of aromatic nitrogens is 3. The predicted octanol–water partition coefficient (Wildman–Crippen LogP) is 3.01. The summed E-state index contributed by atoms with van der Waals surface area (Å²) in [6, 6.07) is -0.125. The van der Waals surface area contributed by atoms with Crippen molar-refractivity contribution < 1.29 is 4.79 Å². The number of amides is 2. The highest BCUT2D eigenvalue weighted by Gasteiger charge is 2.25. The summed E-state index contributed by atoms with van der Waals surface area (Å²) in [4.78, 5) is 16.9. The fourth-order valence-electron chi connectivity index (χ4n) is 3.08. The topological polar surface area (TPSA) is 71.8 Å². The first kappa shape index (κ1) is 16.0. The molecule has 2 atom stereocenters. The minimum absolute atomic E-state index is 0.0364. The minimum atomic E-state index is -0.133. The van der Waals surface area contributed by atoms with Gasteiger partial charge in [-0.3, -0.25) is 4.68 Å². The Bertz CT molecular complexity index is 692. The highest BCUT2D eigenvalue weighted by atomic mass is 32.1. The van der Waals surface area contributed by atoms with Crippen LogP contribution < -0.4 is 10.6 Å². The third-order valence-electron chi connectivity index (χ3n) is 4.33. The predicted molar refractivity (Wildman–Crippen MR) is 90.4 cm³/mol. The molecule has 2 aromatic heterocycles. The molecule has 2 heterocycles. The molecule has 0 saturated heterocycles. The van der Waals surface area contributed by atoms with Crippen LogP contribution in [0.25, 0.3) is 0 Å². The van der Waals surface area contributed by atoms with E-state index in [-0.39, 0.29) is 18.1 Å². The molecule has 2 N–H and O–H groups in total. The Morgan fingerprint density at radius 2 is 2.39 bits per heavy atom. The van der Waals surface area contributed by atoms with Crippen LogP contribution in [0.15, 0.2) is 11.6 Å². The van der Waals surface area contributed by atoms with Gasteiger partial charge in [0.15, 0.2) is 0 Å². The van der Waals surface area contributed by atoms with Gasteiger partial charge >= 0.3 is 6.03 Å². The lowest BCUT2D eigenvalue weighted by Gasteiger charge is -2.25. The molecule has 1 aliphatic carbocycles. The summed E-state index contributed by atoms with van der Waals surface area (Å²) in [6.45, 7) is 4.03. The van der Waals surface area contributed by atoms with Crippen molar-refractivity contribution in [3.63, 3.8) is 0 Å². The van der Waals surface area contributed by atoms with Gasteiger partial charge in [0.1, 0.15) is 5.01 Å². The van der Waals surface area contributed by atoms with Gasteiger partial charge in [0.2, 0.25) is 0 Å². The molecule has 0 fully saturated rings. The van der Waals surface area contributed by atoms with Gasteiger partial charge in [0.25, 0.3) is 0 Å². The Morgan fingerprint density at radius 3 is 3.09 bits per heavy atom. The second-order valence-electron chi connectivity index (χ2n) is 6.02. The van der Waals surface area contributed by atoms with Crippen LogP contribution in [0.1, 0.15) is 60.2 Å². The number of thiazole rings is 1. The van der Waals surface area contributed by atoms with E-state index < -0.39 is 0 Å². The molecule has 0 saturated carbocycles. The summed E-state index contributed by atoms with van der Waals surface area (Å²) in [5.41, 5.74) is 3.37. The van der Waals surface area contributed by atoms with E-state index in [0.717, 1.165) is 41.9 Å². The minimum Gasteiger partial charge on any atom is -0.331 e. The molecule has 0 aromatic carbocycles. The molecule has 0 bridgehead atoms. The summed E-state index contributed by atoms with van der Waals surface area (Å²) in [5.74, 6) is 0. The zero-order valence-corrected chi connectivity index (χ0v) is 14.6. The molecule has 2 amide bonds. The zero-order chi connectivity index (χ0) is 16.4. The van der Waals surface area contributed by atoms with Gasteiger partial charge in [-0.25, -0.2) is 9.78 Å². The van der Waals surface area contributed by atoms with Crippen molar-refractivity contribution in [1.29, 1.82) is 0 Å². The van der Waals surface area contributed by atoms with E-state index in [1.165, 1.54) is 5.69 Å². The Kier molecular flexibility index (Phi) is 4.66. The van der Waals surface area contributed by atoms with Crippen molar-refractivity contribution in [2.75, 3.05) is 0 Å². The molecule has 2 unspecified atom stereocenters. The number of carbonyl (C=O) groups is 1. The van der Waals surface area contributed by atoms with E-state index in [1.807, 2.05) is 30.2 Å². The fraction of sp³-hybridized carbons (Fsp3) is 0.562. The monoisotopic (exact) mass is 333 g/mol. The molecule has 23 heavy (non-hydrogen) atoms. The number of rotatable bonds is 4. The van der Waals surface area contributed by atoms with Crippen molar-refractivity contribution in [2.24, 2.45) is 7.05 Å². The molecule has 6 nitrogen and oxygen atoms in total. The van der Waals surface area contributed by atoms with Gasteiger partial charge < -0.3 is 10.6 Å². The second kappa shape index (κ2) is 6.70. The number of hydrogen-bond donors (Lipinski definition) is 2. The smallest absolute Gasteiger partial charge is 0.315 e. The van der Waals surface area contributed by atoms with E-state index in [4.69, 9.17) is 0 Å². The Hall–Kier alpha value is -1.89. The van der Waals surface area contributed by atoms with E-state index in [9.17, 15) is 4.79 Å². The number of nitrogens with one attached hydrogen (secondary N) is 2. The van der Waals surface area contributed by atoms with Gasteiger partial charge in [-0.2, -0.15) is 5.10 Å². The molecule has 1 aliphatic rings. The maximum Gasteiger partial charge on any atom is 0.315 e. The van der Waals surface area contributed by atoms with Crippen molar-refractivity contribution >= 4 is 17.4 Å². The maximum absolute atomic E-state index is 12.4. The van der Waals surface area contributed by atoms with Crippen LogP contribution in [0.4, 0.5) is 4.79 Å². The molecule has 3 rings (SSSR count). The average molecular weight is 333 g/mol. The number of hydrogen-bond acceptors (Lipinski definition) is 4. The number of urea groups is 1. The first-order chi connectivity index (χ1) is 11.1. The Morgan fingerprint density at radius 1 is 1.57 bits per heavy atom. The van der Waals surface area contributed by atoms with Gasteiger partial charge in [-0.1, -0.05) is 6.92 Å². The van der Waals surface area contributed by atoms with E-state index in [0.29, 0.717) is 0 Å². The van der Waals surface area contributed by atoms with Crippen LogP contribution >= 0.6 is 11.3 Å². The van der Waals surface area contributed by atoms with Crippen LogP contribution in [-0.4, -0.2) is 20.8 Å². The summed E-state index contributed by atoms with van der Waals surface area (Å²) < 4.78 is 1.91. The zero-order valence-electron chi connectivity index (χ0n) is 13.8. The van der Waals surface area contributed by atoms with Gasteiger partial charge in [-0.05, 0) is 32.6 Å². The third-order valence-corrected chi connectivity index (χ3v) is 5.41. The quantitative estimate of drug-likeness (QED) is 0.903. The summed E-state index contributed by atoms with van der Waals surface area (Å²) in [5, 5.41) is 13.5. The maximum atomic E-state index is 12.4. The Balaban J connectivity index is 1.65. The Labute approximate surface area is 140 Å². The second-order valence-corrected chi connectivity index (χ2v) is 6.91. The highest BCUT2D eigenvalue weighted by molar-refractivity contribution is 7.09. The average Bonchev–Trinajstić information content (AvgIpc) is 3.12. The standard InChI is InChI=1S/C16H23N5OS/c1-4-12(15-18-10(2)9-23-15)19-16(22)20-13-6-5-7-14-11(13)8-17-21(14)3/h8-9,12-13H,4-7H2,1-3H3,(H2,19,20,22). The normalized spacial score (nSPS) is 18.3. The molecule has 0 radical (unpaired) electrons. The van der Waals surface area contributed by atoms with Crippen molar-refractivity contribution in [1.82, 2.24) is 25.4 Å². The summed E-state index contributed by atoms with van der Waals surface area (Å²) in [7, 11) is 1.96. The number of nitrogens with zero attached hydrogens (tertiary/aromatic N) is 3. The first-order valence-corrected chi connectivity index (χ1v) is 8.96. The van der Waals surface area contributed by atoms with Crippen LogP contribution in [-0.2, 0) is 13.5 Å². The lowest BCUT2D eigenvalue weighted by molar-refractivity contribution is 0.231. The summed E-state index contributed by atoms with van der Waals surface area (Å²) >= 11 is 1.60. The number of aryl methyl sites for hydroxylation is 2. The lowest BCUT2D eigenvalue weighted by atomic mass is 9.93. The van der Waals surface area contributed by atoms with Gasteiger partial charge in [-0.15, -0.1) is 11.3 Å². The molecular weight excluding hydrogens is 310 g/mol. The van der Waals surface area contributed by atoms with Crippen molar-refractivity contribution in [3.05, 3.63) is 33.5 Å². The molecule has 124 valence electrons. The van der Waals surface area contributed by atoms with E-state index in [2.05, 4.69) is 27.6 Å². The molecule has 0 aliphatic heterocycles. The lowest BCUT2D eigenvalue weighted by Crippen LogP contribution is -2.40. The van der Waals surface area contributed by atoms with Gasteiger partial charge in [0, 0.05) is 29.4 Å². The number of fused-ring (bicyclic) bond motifs is 1. The fourth-order valence-corrected chi connectivity index (χ4v) is 4.02. The van der Waals surface area contributed by atoms with Crippen LogP contribution in [0.3, 0.4) is 0 Å². The molecule has 0 spiro atoms. The van der Waals surface area contributed by atoms with Crippen molar-refractivity contribution in [2.45, 2.75) is 51.6 Å². The van der Waals surface area contributed by atoms with Crippen LogP contribution in [0.5, 0.6) is 0 Å². The first-order valence-electron chi connectivity index (χ1n) is 8.08. The molecule has 7 heteroatoms. The number of carbonyl (C=O) groups excluding carboxylic acids is 1. The SMILES string of the molecule is CCC(NC(=O)NC1CCCc2c1cnn2C)c1nc(C)cs1. The van der Waals surface area contributed by atoms with Gasteiger partial charge in [0.05, 0.1) is 18.3 Å². The largest absolute Gasteiger partial charge is 0.331 e. The van der Waals surface area contributed by atoms with E-state index >= 15 is 0 Å². The summed E-state index contributed by atoms with van der Waals surface area (Å²) in [6.07, 6.45) is 5.76. The van der Waals surface area contributed by atoms with Crippen LogP contribution in [0, 0.1) is 6.92 Å². The van der Waals surface area contributed by atoms with E-state index in [1.54, 1.807) is 11.3 Å². The third kappa shape index (κ3) is 3.39. The van der Waals surface area contributed by atoms with Crippen molar-refractivity contribution in [3.8, 4) is 0 Å². The molecular formula is C16H23N5OS. The van der Waals surface area contributed by atoms with Crippen LogP contribution in [0.2, 0.25) is 0 Å². The molecule has 2 aromatic rings.